The Hall–Kier alpha value is -1.10. The molecule has 0 radical (unpaired) electrons. The molecule has 62 valence electrons. The maximum Gasteiger partial charge on any atom is 0.327 e. The molecule has 0 saturated carbocycles. The topological polar surface area (TPSA) is 86.6 Å². The molecule has 1 saturated heterocycles. The van der Waals surface area contributed by atoms with E-state index in [9.17, 15) is 9.59 Å². The Balaban J connectivity index is 2.62. The summed E-state index contributed by atoms with van der Waals surface area (Å²) in [5.41, 5.74) is 0. The largest absolute Gasteiger partial charge is 0.480 e. The Kier molecular flexibility index (Phi) is 1.82. The van der Waals surface area contributed by atoms with E-state index in [2.05, 4.69) is 5.32 Å². The van der Waals surface area contributed by atoms with Gasteiger partial charge in [-0.2, -0.15) is 0 Å². The molecular weight excluding hydrogens is 150 g/mol. The van der Waals surface area contributed by atoms with Crippen molar-refractivity contribution >= 4 is 11.9 Å². The number of amides is 1. The quantitative estimate of drug-likeness (QED) is 0.431. The van der Waals surface area contributed by atoms with Crippen molar-refractivity contribution in [3.63, 3.8) is 0 Å². The summed E-state index contributed by atoms with van der Waals surface area (Å²) in [7, 11) is 0. The van der Waals surface area contributed by atoms with Gasteiger partial charge in [-0.1, -0.05) is 0 Å². The fourth-order valence-corrected chi connectivity index (χ4v) is 1.11. The third-order valence-electron chi connectivity index (χ3n) is 1.75. The molecule has 0 aliphatic carbocycles. The van der Waals surface area contributed by atoms with Crippen LogP contribution in [0.4, 0.5) is 0 Å². The SMILES string of the molecule is C[C@@H](O)[C@H]1C(=O)N[C@H]1C(=O)O. The lowest BCUT2D eigenvalue weighted by Crippen LogP contribution is -2.65. The zero-order valence-corrected chi connectivity index (χ0v) is 5.94. The van der Waals surface area contributed by atoms with Crippen LogP contribution in [-0.2, 0) is 9.59 Å². The Bertz CT molecular complexity index is 201. The van der Waals surface area contributed by atoms with Crippen molar-refractivity contribution in [3.8, 4) is 0 Å². The van der Waals surface area contributed by atoms with Crippen molar-refractivity contribution in [1.82, 2.24) is 5.32 Å². The molecule has 1 aliphatic rings. The number of β-lactam (4-membered cyclic amide) rings is 1. The Morgan fingerprint density at radius 2 is 2.27 bits per heavy atom. The molecule has 1 fully saturated rings. The molecule has 0 aromatic heterocycles. The predicted octanol–water partition coefficient (Wildman–Crippen LogP) is -1.43. The minimum absolute atomic E-state index is 0.396. The summed E-state index contributed by atoms with van der Waals surface area (Å²) in [5.74, 6) is -2.28. The van der Waals surface area contributed by atoms with Gasteiger partial charge in [0.1, 0.15) is 6.04 Å². The van der Waals surface area contributed by atoms with Gasteiger partial charge in [0, 0.05) is 0 Å². The first-order valence-electron chi connectivity index (χ1n) is 3.25. The molecule has 0 aromatic rings. The van der Waals surface area contributed by atoms with Gasteiger partial charge in [0.2, 0.25) is 5.91 Å². The third-order valence-corrected chi connectivity index (χ3v) is 1.75. The van der Waals surface area contributed by atoms with E-state index < -0.39 is 29.9 Å². The number of nitrogens with one attached hydrogen (secondary N) is 1. The highest BCUT2D eigenvalue weighted by molar-refractivity contribution is 5.96. The fraction of sp³-hybridized carbons (Fsp3) is 0.667. The van der Waals surface area contributed by atoms with Crippen LogP contribution in [-0.4, -0.2) is 34.2 Å². The monoisotopic (exact) mass is 159 g/mol. The first-order valence-corrected chi connectivity index (χ1v) is 3.25. The highest BCUT2D eigenvalue weighted by Gasteiger charge is 2.46. The molecule has 0 aromatic carbocycles. The predicted molar refractivity (Wildman–Crippen MR) is 34.7 cm³/mol. The van der Waals surface area contributed by atoms with Crippen LogP contribution in [0.2, 0.25) is 0 Å². The molecule has 0 bridgehead atoms. The molecule has 3 atom stereocenters. The number of rotatable bonds is 2. The second kappa shape index (κ2) is 2.50. The Labute approximate surface area is 63.0 Å². The number of aliphatic carboxylic acids is 1. The van der Waals surface area contributed by atoms with Gasteiger partial charge in [0.15, 0.2) is 0 Å². The minimum Gasteiger partial charge on any atom is -0.480 e. The van der Waals surface area contributed by atoms with Gasteiger partial charge in [-0.05, 0) is 6.92 Å². The van der Waals surface area contributed by atoms with Crippen molar-refractivity contribution in [3.05, 3.63) is 0 Å². The lowest BCUT2D eigenvalue weighted by molar-refractivity contribution is -0.157. The van der Waals surface area contributed by atoms with E-state index in [1.54, 1.807) is 0 Å². The van der Waals surface area contributed by atoms with Crippen LogP contribution in [0.15, 0.2) is 0 Å². The van der Waals surface area contributed by atoms with E-state index in [4.69, 9.17) is 10.2 Å². The van der Waals surface area contributed by atoms with E-state index in [-0.39, 0.29) is 0 Å². The zero-order chi connectivity index (χ0) is 8.59. The van der Waals surface area contributed by atoms with Crippen LogP contribution in [0.25, 0.3) is 0 Å². The molecular formula is C6H9NO4. The Morgan fingerprint density at radius 3 is 2.45 bits per heavy atom. The average molecular weight is 159 g/mol. The summed E-state index contributed by atoms with van der Waals surface area (Å²) >= 11 is 0. The second-order valence-corrected chi connectivity index (χ2v) is 2.59. The fourth-order valence-electron chi connectivity index (χ4n) is 1.11. The van der Waals surface area contributed by atoms with E-state index in [0.717, 1.165) is 0 Å². The zero-order valence-electron chi connectivity index (χ0n) is 5.94. The minimum atomic E-state index is -1.10. The summed E-state index contributed by atoms with van der Waals surface area (Å²) in [6.45, 7) is 1.40. The molecule has 11 heavy (non-hydrogen) atoms. The highest BCUT2D eigenvalue weighted by Crippen LogP contribution is 2.18. The second-order valence-electron chi connectivity index (χ2n) is 2.59. The van der Waals surface area contributed by atoms with E-state index >= 15 is 0 Å². The van der Waals surface area contributed by atoms with Gasteiger partial charge >= 0.3 is 5.97 Å². The molecule has 1 aliphatic heterocycles. The smallest absolute Gasteiger partial charge is 0.327 e. The summed E-state index contributed by atoms with van der Waals surface area (Å²) in [6.07, 6.45) is -0.898. The number of aliphatic hydroxyl groups excluding tert-OH is 1. The number of carboxylic acids is 1. The maximum atomic E-state index is 10.7. The summed E-state index contributed by atoms with van der Waals surface area (Å²) in [4.78, 5) is 21.0. The number of carbonyl (C=O) groups is 2. The molecule has 3 N–H and O–H groups in total. The van der Waals surface area contributed by atoms with Gasteiger partial charge in [0.25, 0.3) is 0 Å². The number of aliphatic hydroxyl groups is 1. The number of hydrogen-bond acceptors (Lipinski definition) is 3. The molecule has 1 heterocycles. The lowest BCUT2D eigenvalue weighted by Gasteiger charge is -2.35. The van der Waals surface area contributed by atoms with Gasteiger partial charge in [0.05, 0.1) is 12.0 Å². The third kappa shape index (κ3) is 1.19. The van der Waals surface area contributed by atoms with Crippen LogP contribution in [0.1, 0.15) is 6.92 Å². The first kappa shape index (κ1) is 8.00. The molecule has 5 heteroatoms. The van der Waals surface area contributed by atoms with E-state index in [1.165, 1.54) is 6.92 Å². The van der Waals surface area contributed by atoms with Gasteiger partial charge in [-0.25, -0.2) is 4.79 Å². The average Bonchev–Trinajstić information content (AvgIpc) is 1.80. The van der Waals surface area contributed by atoms with Crippen LogP contribution < -0.4 is 5.32 Å². The summed E-state index contributed by atoms with van der Waals surface area (Å²) in [5, 5.41) is 19.6. The van der Waals surface area contributed by atoms with E-state index in [1.807, 2.05) is 0 Å². The standard InChI is InChI=1S/C6H9NO4/c1-2(8)3-4(6(10)11)7-5(3)9/h2-4,8H,1H3,(H,7,9)(H,10,11)/t2-,3-,4-/m1/s1. The lowest BCUT2D eigenvalue weighted by atomic mass is 9.86. The molecule has 1 amide bonds. The van der Waals surface area contributed by atoms with Gasteiger partial charge in [-0.3, -0.25) is 4.79 Å². The van der Waals surface area contributed by atoms with Gasteiger partial charge < -0.3 is 15.5 Å². The number of carbonyl (C=O) groups excluding carboxylic acids is 1. The number of hydrogen-bond donors (Lipinski definition) is 3. The highest BCUT2D eigenvalue weighted by atomic mass is 16.4. The summed E-state index contributed by atoms with van der Waals surface area (Å²) < 4.78 is 0. The van der Waals surface area contributed by atoms with Crippen molar-refractivity contribution in [1.29, 1.82) is 0 Å². The van der Waals surface area contributed by atoms with Crippen LogP contribution in [0.3, 0.4) is 0 Å². The normalized spacial score (nSPS) is 32.0. The van der Waals surface area contributed by atoms with Crippen molar-refractivity contribution in [2.45, 2.75) is 19.1 Å². The van der Waals surface area contributed by atoms with Crippen LogP contribution in [0.5, 0.6) is 0 Å². The van der Waals surface area contributed by atoms with Crippen LogP contribution in [0, 0.1) is 5.92 Å². The van der Waals surface area contributed by atoms with E-state index in [0.29, 0.717) is 0 Å². The maximum absolute atomic E-state index is 10.7. The molecule has 5 nitrogen and oxygen atoms in total. The molecule has 0 unspecified atom stereocenters. The van der Waals surface area contributed by atoms with Crippen molar-refractivity contribution in [2.75, 3.05) is 0 Å². The van der Waals surface area contributed by atoms with Gasteiger partial charge in [-0.15, -0.1) is 0 Å². The molecule has 0 spiro atoms. The van der Waals surface area contributed by atoms with Crippen LogP contribution >= 0.6 is 0 Å². The molecule has 1 rings (SSSR count). The Morgan fingerprint density at radius 1 is 1.73 bits per heavy atom. The first-order chi connectivity index (χ1) is 5.04. The van der Waals surface area contributed by atoms with Crippen molar-refractivity contribution in [2.24, 2.45) is 5.92 Å². The van der Waals surface area contributed by atoms with Crippen molar-refractivity contribution < 1.29 is 19.8 Å². The summed E-state index contributed by atoms with van der Waals surface area (Å²) in [6, 6.07) is -0.914. The number of carboxylic acid groups (broad SMARTS) is 1.